The zero-order valence-electron chi connectivity index (χ0n) is 15.1. The van der Waals surface area contributed by atoms with Crippen LogP contribution in [0.2, 0.25) is 0 Å². The lowest BCUT2D eigenvalue weighted by Gasteiger charge is -2.10. The number of methoxy groups -OCH3 is 1. The van der Waals surface area contributed by atoms with Gasteiger partial charge in [0.05, 0.1) is 19.1 Å². The number of halogens is 1. The molecule has 0 saturated heterocycles. The summed E-state index contributed by atoms with van der Waals surface area (Å²) in [6.07, 6.45) is 0.0343. The molecule has 3 aromatic carbocycles. The molecule has 0 saturated carbocycles. The minimum Gasteiger partial charge on any atom is -0.496 e. The molecule has 0 atom stereocenters. The third-order valence-electron chi connectivity index (χ3n) is 3.96. The summed E-state index contributed by atoms with van der Waals surface area (Å²) in [5.41, 5.74) is 1.63. The third kappa shape index (κ3) is 4.94. The molecule has 0 aliphatic carbocycles. The van der Waals surface area contributed by atoms with Gasteiger partial charge in [-0.25, -0.2) is 4.39 Å². The van der Waals surface area contributed by atoms with Crippen LogP contribution in [0.15, 0.2) is 72.8 Å². The Morgan fingerprint density at radius 3 is 2.29 bits per heavy atom. The van der Waals surface area contributed by atoms with Gasteiger partial charge in [0.1, 0.15) is 17.3 Å². The molecule has 0 unspecified atom stereocenters. The number of esters is 1. The van der Waals surface area contributed by atoms with E-state index in [4.69, 9.17) is 9.47 Å². The van der Waals surface area contributed by atoms with Crippen LogP contribution in [-0.2, 0) is 11.2 Å². The van der Waals surface area contributed by atoms with Gasteiger partial charge in [-0.15, -0.1) is 0 Å². The average molecular weight is 379 g/mol. The quantitative estimate of drug-likeness (QED) is 0.514. The number of carbonyl (C=O) groups excluding carboxylic acids is 2. The second-order valence-corrected chi connectivity index (χ2v) is 5.96. The lowest BCUT2D eigenvalue weighted by Crippen LogP contribution is -2.13. The Balaban J connectivity index is 1.59. The third-order valence-corrected chi connectivity index (χ3v) is 3.96. The van der Waals surface area contributed by atoms with E-state index < -0.39 is 5.97 Å². The smallest absolute Gasteiger partial charge is 0.315 e. The predicted octanol–water partition coefficient (Wildman–Crippen LogP) is 4.23. The number of anilines is 1. The predicted molar refractivity (Wildman–Crippen MR) is 103 cm³/mol. The van der Waals surface area contributed by atoms with E-state index in [1.807, 2.05) is 0 Å². The monoisotopic (exact) mass is 379 g/mol. The average Bonchev–Trinajstić information content (AvgIpc) is 2.71. The molecule has 0 heterocycles. The first kappa shape index (κ1) is 19.1. The minimum atomic E-state index is -0.461. The van der Waals surface area contributed by atoms with Crippen molar-refractivity contribution >= 4 is 17.6 Å². The van der Waals surface area contributed by atoms with Crippen LogP contribution < -0.4 is 14.8 Å². The molecular weight excluding hydrogens is 361 g/mol. The van der Waals surface area contributed by atoms with E-state index in [1.165, 1.54) is 31.4 Å². The molecule has 0 fully saturated rings. The van der Waals surface area contributed by atoms with Crippen molar-refractivity contribution in [3.63, 3.8) is 0 Å². The molecule has 0 radical (unpaired) electrons. The first-order valence-electron chi connectivity index (χ1n) is 8.55. The number of carbonyl (C=O) groups is 2. The summed E-state index contributed by atoms with van der Waals surface area (Å²) < 4.78 is 23.3. The van der Waals surface area contributed by atoms with Crippen LogP contribution >= 0.6 is 0 Å². The molecule has 0 aliphatic heterocycles. The second-order valence-electron chi connectivity index (χ2n) is 5.96. The fraction of sp³-hybridized carbons (Fsp3) is 0.0909. The molecule has 0 spiro atoms. The van der Waals surface area contributed by atoms with E-state index in [9.17, 15) is 14.0 Å². The van der Waals surface area contributed by atoms with E-state index >= 15 is 0 Å². The number of para-hydroxylation sites is 1. The van der Waals surface area contributed by atoms with Crippen molar-refractivity contribution in [3.8, 4) is 11.5 Å². The molecule has 3 aromatic rings. The van der Waals surface area contributed by atoms with Crippen molar-refractivity contribution in [1.29, 1.82) is 0 Å². The van der Waals surface area contributed by atoms with Crippen LogP contribution in [0.1, 0.15) is 15.9 Å². The van der Waals surface area contributed by atoms with Crippen LogP contribution in [0.3, 0.4) is 0 Å². The van der Waals surface area contributed by atoms with Gasteiger partial charge in [0.15, 0.2) is 0 Å². The van der Waals surface area contributed by atoms with Gasteiger partial charge in [0.25, 0.3) is 5.91 Å². The highest BCUT2D eigenvalue weighted by Crippen LogP contribution is 2.21. The molecule has 0 aromatic heterocycles. The van der Waals surface area contributed by atoms with Crippen molar-refractivity contribution in [3.05, 3.63) is 89.7 Å². The van der Waals surface area contributed by atoms with E-state index in [0.29, 0.717) is 28.3 Å². The number of ether oxygens (including phenoxy) is 2. The van der Waals surface area contributed by atoms with Crippen molar-refractivity contribution in [2.45, 2.75) is 6.42 Å². The van der Waals surface area contributed by atoms with Crippen LogP contribution in [-0.4, -0.2) is 19.0 Å². The number of rotatable bonds is 6. The lowest BCUT2D eigenvalue weighted by molar-refractivity contribution is -0.133. The van der Waals surface area contributed by atoms with Crippen LogP contribution in [0.4, 0.5) is 10.1 Å². The molecule has 3 rings (SSSR count). The summed E-state index contributed by atoms with van der Waals surface area (Å²) in [5, 5.41) is 2.76. The highest BCUT2D eigenvalue weighted by Gasteiger charge is 2.12. The van der Waals surface area contributed by atoms with Gasteiger partial charge in [0, 0.05) is 5.69 Å². The SMILES string of the molecule is COc1ccccc1C(=O)Nc1ccc(OC(=O)Cc2ccc(F)cc2)cc1. The maximum absolute atomic E-state index is 12.9. The van der Waals surface area contributed by atoms with Crippen molar-refractivity contribution < 1.29 is 23.5 Å². The maximum Gasteiger partial charge on any atom is 0.315 e. The molecule has 28 heavy (non-hydrogen) atoms. The first-order chi connectivity index (χ1) is 13.5. The summed E-state index contributed by atoms with van der Waals surface area (Å²) >= 11 is 0. The normalized spacial score (nSPS) is 10.2. The number of benzene rings is 3. The summed E-state index contributed by atoms with van der Waals surface area (Å²) in [4.78, 5) is 24.4. The number of amides is 1. The molecule has 142 valence electrons. The number of hydrogen-bond donors (Lipinski definition) is 1. The minimum absolute atomic E-state index is 0.0343. The molecule has 6 heteroatoms. The van der Waals surface area contributed by atoms with Crippen molar-refractivity contribution in [2.24, 2.45) is 0 Å². The molecule has 5 nitrogen and oxygen atoms in total. The van der Waals surface area contributed by atoms with E-state index in [2.05, 4.69) is 5.32 Å². The second kappa shape index (κ2) is 8.81. The van der Waals surface area contributed by atoms with Crippen LogP contribution in [0.25, 0.3) is 0 Å². The largest absolute Gasteiger partial charge is 0.496 e. The lowest BCUT2D eigenvalue weighted by atomic mass is 10.1. The molecule has 0 bridgehead atoms. The Morgan fingerprint density at radius 1 is 0.929 bits per heavy atom. The van der Waals surface area contributed by atoms with Crippen molar-refractivity contribution in [1.82, 2.24) is 0 Å². The first-order valence-corrected chi connectivity index (χ1v) is 8.55. The summed E-state index contributed by atoms with van der Waals surface area (Å²) in [6.45, 7) is 0. The highest BCUT2D eigenvalue weighted by molar-refractivity contribution is 6.06. The molecule has 1 N–H and O–H groups in total. The summed E-state index contributed by atoms with van der Waals surface area (Å²) in [7, 11) is 1.50. The summed E-state index contributed by atoms with van der Waals surface area (Å²) in [6, 6.07) is 19.0. The van der Waals surface area contributed by atoms with Gasteiger partial charge in [0.2, 0.25) is 0 Å². The maximum atomic E-state index is 12.9. The number of hydrogen-bond acceptors (Lipinski definition) is 4. The standard InChI is InChI=1S/C22H18FNO4/c1-27-20-5-3-2-4-19(20)22(26)24-17-10-12-18(13-11-17)28-21(25)14-15-6-8-16(23)9-7-15/h2-13H,14H2,1H3,(H,24,26). The fourth-order valence-electron chi connectivity index (χ4n) is 2.57. The Bertz CT molecular complexity index is 969. The van der Waals surface area contributed by atoms with Crippen molar-refractivity contribution in [2.75, 3.05) is 12.4 Å². The van der Waals surface area contributed by atoms with Gasteiger partial charge < -0.3 is 14.8 Å². The Kier molecular flexibility index (Phi) is 6.01. The molecule has 1 amide bonds. The Hall–Kier alpha value is -3.67. The van der Waals surface area contributed by atoms with Gasteiger partial charge in [-0.2, -0.15) is 0 Å². The van der Waals surface area contributed by atoms with E-state index in [0.717, 1.165) is 0 Å². The van der Waals surface area contributed by atoms with Crippen LogP contribution in [0, 0.1) is 5.82 Å². The Labute approximate surface area is 161 Å². The van der Waals surface area contributed by atoms with Gasteiger partial charge in [-0.1, -0.05) is 24.3 Å². The fourth-order valence-corrected chi connectivity index (χ4v) is 2.57. The zero-order chi connectivity index (χ0) is 19.9. The Morgan fingerprint density at radius 2 is 1.61 bits per heavy atom. The summed E-state index contributed by atoms with van der Waals surface area (Å²) in [5.74, 6) is -0.299. The molecular formula is C22H18FNO4. The van der Waals surface area contributed by atoms with Gasteiger partial charge in [-0.05, 0) is 54.1 Å². The molecule has 0 aliphatic rings. The topological polar surface area (TPSA) is 64.6 Å². The van der Waals surface area contributed by atoms with Crippen LogP contribution in [0.5, 0.6) is 11.5 Å². The van der Waals surface area contributed by atoms with E-state index in [1.54, 1.807) is 48.5 Å². The van der Waals surface area contributed by atoms with Gasteiger partial charge in [-0.3, -0.25) is 9.59 Å². The van der Waals surface area contributed by atoms with Gasteiger partial charge >= 0.3 is 5.97 Å². The van der Waals surface area contributed by atoms with E-state index in [-0.39, 0.29) is 18.1 Å². The zero-order valence-corrected chi connectivity index (χ0v) is 15.1. The number of nitrogens with one attached hydrogen (secondary N) is 1. The highest BCUT2D eigenvalue weighted by atomic mass is 19.1.